The minimum atomic E-state index is -0.887. The van der Waals surface area contributed by atoms with Crippen LogP contribution in [0.1, 0.15) is 18.4 Å². The van der Waals surface area contributed by atoms with Crippen LogP contribution in [0.5, 0.6) is 0 Å². The standard InChI is InChI=1S/C13H15F2NO2.ClH/c1-2-18-13(17)10-7-16-6-9(10)8-3-4-11(14)12(15)5-8;/h3-5,9-10,16H,2,6-7H2,1H3;1H/t9-,10+;/m0./s1. The number of halogens is 3. The van der Waals surface area contributed by atoms with E-state index in [2.05, 4.69) is 5.32 Å². The largest absolute Gasteiger partial charge is 0.466 e. The summed E-state index contributed by atoms with van der Waals surface area (Å²) in [5, 5.41) is 3.08. The van der Waals surface area contributed by atoms with E-state index in [1.54, 1.807) is 6.92 Å². The molecule has 106 valence electrons. The van der Waals surface area contributed by atoms with Crippen LogP contribution < -0.4 is 5.32 Å². The van der Waals surface area contributed by atoms with Crippen LogP contribution >= 0.6 is 12.4 Å². The van der Waals surface area contributed by atoms with Gasteiger partial charge in [-0.25, -0.2) is 8.78 Å². The van der Waals surface area contributed by atoms with E-state index in [4.69, 9.17) is 4.74 Å². The Morgan fingerprint density at radius 3 is 2.74 bits per heavy atom. The summed E-state index contributed by atoms with van der Waals surface area (Å²) >= 11 is 0. The Morgan fingerprint density at radius 1 is 1.37 bits per heavy atom. The van der Waals surface area contributed by atoms with E-state index in [0.29, 0.717) is 25.3 Å². The lowest BCUT2D eigenvalue weighted by atomic mass is 9.89. The summed E-state index contributed by atoms with van der Waals surface area (Å²) in [6.45, 7) is 3.13. The SMILES string of the molecule is CCOC(=O)[C@@H]1CNC[C@H]1c1ccc(F)c(F)c1.Cl. The number of esters is 1. The molecular formula is C13H16ClF2NO2. The molecule has 1 saturated heterocycles. The van der Waals surface area contributed by atoms with E-state index >= 15 is 0 Å². The van der Waals surface area contributed by atoms with Gasteiger partial charge in [0.15, 0.2) is 11.6 Å². The maximum atomic E-state index is 13.2. The van der Waals surface area contributed by atoms with Crippen molar-refractivity contribution < 1.29 is 18.3 Å². The second-order valence-corrected chi connectivity index (χ2v) is 4.30. The highest BCUT2D eigenvalue weighted by Crippen LogP contribution is 2.29. The number of hydrogen-bond acceptors (Lipinski definition) is 3. The molecule has 3 nitrogen and oxygen atoms in total. The Morgan fingerprint density at radius 2 is 2.11 bits per heavy atom. The summed E-state index contributed by atoms with van der Waals surface area (Å²) in [7, 11) is 0. The topological polar surface area (TPSA) is 38.3 Å². The number of carbonyl (C=O) groups is 1. The molecule has 0 aliphatic carbocycles. The van der Waals surface area contributed by atoms with Crippen molar-refractivity contribution >= 4 is 18.4 Å². The molecule has 2 atom stereocenters. The summed E-state index contributed by atoms with van der Waals surface area (Å²) in [6, 6.07) is 3.76. The quantitative estimate of drug-likeness (QED) is 0.868. The number of hydrogen-bond donors (Lipinski definition) is 1. The molecule has 0 saturated carbocycles. The number of nitrogens with one attached hydrogen (secondary N) is 1. The smallest absolute Gasteiger partial charge is 0.310 e. The van der Waals surface area contributed by atoms with Crippen molar-refractivity contribution in [1.82, 2.24) is 5.32 Å². The first-order valence-corrected chi connectivity index (χ1v) is 5.95. The molecule has 0 aromatic heterocycles. The van der Waals surface area contributed by atoms with Gasteiger partial charge >= 0.3 is 5.97 Å². The van der Waals surface area contributed by atoms with Crippen molar-refractivity contribution in [2.75, 3.05) is 19.7 Å². The molecule has 0 radical (unpaired) electrons. The molecule has 2 rings (SSSR count). The third kappa shape index (κ3) is 3.42. The Balaban J connectivity index is 0.00000180. The van der Waals surface area contributed by atoms with Crippen molar-refractivity contribution in [3.8, 4) is 0 Å². The average Bonchev–Trinajstić information content (AvgIpc) is 2.82. The molecule has 0 unspecified atom stereocenters. The first-order valence-electron chi connectivity index (χ1n) is 5.95. The molecule has 0 spiro atoms. The molecule has 1 N–H and O–H groups in total. The van der Waals surface area contributed by atoms with Crippen LogP contribution in [-0.4, -0.2) is 25.7 Å². The summed E-state index contributed by atoms with van der Waals surface area (Å²) in [6.07, 6.45) is 0. The Hall–Kier alpha value is -1.20. The fourth-order valence-electron chi connectivity index (χ4n) is 2.27. The first kappa shape index (κ1) is 15.9. The van der Waals surface area contributed by atoms with Gasteiger partial charge in [-0.15, -0.1) is 12.4 Å². The van der Waals surface area contributed by atoms with Gasteiger partial charge in [0.2, 0.25) is 0 Å². The number of benzene rings is 1. The molecule has 0 bridgehead atoms. The van der Waals surface area contributed by atoms with Crippen molar-refractivity contribution in [3.05, 3.63) is 35.4 Å². The van der Waals surface area contributed by atoms with Crippen molar-refractivity contribution in [1.29, 1.82) is 0 Å². The third-order valence-corrected chi connectivity index (χ3v) is 3.18. The maximum absolute atomic E-state index is 13.2. The zero-order chi connectivity index (χ0) is 13.1. The molecule has 1 aromatic rings. The molecule has 19 heavy (non-hydrogen) atoms. The van der Waals surface area contributed by atoms with Crippen LogP contribution in [0, 0.1) is 17.6 Å². The zero-order valence-corrected chi connectivity index (χ0v) is 11.3. The summed E-state index contributed by atoms with van der Waals surface area (Å²) in [5.41, 5.74) is 0.622. The van der Waals surface area contributed by atoms with Crippen molar-refractivity contribution in [3.63, 3.8) is 0 Å². The fraction of sp³-hybridized carbons (Fsp3) is 0.462. The lowest BCUT2D eigenvalue weighted by Crippen LogP contribution is -2.24. The average molecular weight is 292 g/mol. The van der Waals surface area contributed by atoms with Gasteiger partial charge in [0.25, 0.3) is 0 Å². The Kier molecular flexibility index (Phi) is 5.69. The summed E-state index contributed by atoms with van der Waals surface area (Å²) in [5.74, 6) is -2.56. The molecule has 1 aromatic carbocycles. The van der Waals surface area contributed by atoms with Crippen molar-refractivity contribution in [2.24, 2.45) is 5.92 Å². The van der Waals surface area contributed by atoms with E-state index in [9.17, 15) is 13.6 Å². The van der Waals surface area contributed by atoms with Crippen LogP contribution in [0.3, 0.4) is 0 Å². The number of carbonyl (C=O) groups excluding carboxylic acids is 1. The number of ether oxygens (including phenoxy) is 1. The Bertz CT molecular complexity index is 456. The van der Waals surface area contributed by atoms with E-state index in [1.165, 1.54) is 6.07 Å². The van der Waals surface area contributed by atoms with Gasteiger partial charge in [0.05, 0.1) is 12.5 Å². The van der Waals surface area contributed by atoms with Gasteiger partial charge in [0, 0.05) is 19.0 Å². The van der Waals surface area contributed by atoms with Crippen LogP contribution in [0.2, 0.25) is 0 Å². The molecule has 6 heteroatoms. The fourth-order valence-corrected chi connectivity index (χ4v) is 2.27. The lowest BCUT2D eigenvalue weighted by molar-refractivity contribution is -0.147. The molecular weight excluding hydrogens is 276 g/mol. The zero-order valence-electron chi connectivity index (χ0n) is 10.5. The summed E-state index contributed by atoms with van der Waals surface area (Å²) < 4.78 is 31.1. The van der Waals surface area contributed by atoms with E-state index in [1.807, 2.05) is 0 Å². The first-order chi connectivity index (χ1) is 8.63. The van der Waals surface area contributed by atoms with Crippen LogP contribution in [-0.2, 0) is 9.53 Å². The minimum absolute atomic E-state index is 0. The van der Waals surface area contributed by atoms with Crippen LogP contribution in [0.15, 0.2) is 18.2 Å². The maximum Gasteiger partial charge on any atom is 0.310 e. The van der Waals surface area contributed by atoms with Gasteiger partial charge in [-0.05, 0) is 24.6 Å². The molecule has 1 heterocycles. The van der Waals surface area contributed by atoms with Crippen LogP contribution in [0.4, 0.5) is 8.78 Å². The number of rotatable bonds is 3. The second kappa shape index (κ2) is 6.82. The van der Waals surface area contributed by atoms with Gasteiger partial charge < -0.3 is 10.1 Å². The normalized spacial score (nSPS) is 21.8. The Labute approximate surface area is 116 Å². The highest BCUT2D eigenvalue weighted by molar-refractivity contribution is 5.85. The van der Waals surface area contributed by atoms with Gasteiger partial charge in [-0.1, -0.05) is 6.07 Å². The van der Waals surface area contributed by atoms with Crippen molar-refractivity contribution in [2.45, 2.75) is 12.8 Å². The highest BCUT2D eigenvalue weighted by Gasteiger charge is 2.35. The lowest BCUT2D eigenvalue weighted by Gasteiger charge is -2.17. The van der Waals surface area contributed by atoms with Gasteiger partial charge in [-0.2, -0.15) is 0 Å². The van der Waals surface area contributed by atoms with E-state index < -0.39 is 11.6 Å². The molecule has 1 fully saturated rings. The highest BCUT2D eigenvalue weighted by atomic mass is 35.5. The second-order valence-electron chi connectivity index (χ2n) is 4.30. The van der Waals surface area contributed by atoms with Gasteiger partial charge in [-0.3, -0.25) is 4.79 Å². The monoisotopic (exact) mass is 291 g/mol. The van der Waals surface area contributed by atoms with E-state index in [0.717, 1.165) is 12.1 Å². The third-order valence-electron chi connectivity index (χ3n) is 3.18. The molecule has 1 aliphatic heterocycles. The molecule has 0 amide bonds. The molecule has 1 aliphatic rings. The van der Waals surface area contributed by atoms with Gasteiger partial charge in [0.1, 0.15) is 0 Å². The predicted octanol–water partition coefficient (Wildman–Crippen LogP) is 2.25. The minimum Gasteiger partial charge on any atom is -0.466 e. The van der Waals surface area contributed by atoms with E-state index in [-0.39, 0.29) is 30.2 Å². The predicted molar refractivity (Wildman–Crippen MR) is 69.3 cm³/mol. The van der Waals surface area contributed by atoms with Crippen LogP contribution in [0.25, 0.3) is 0 Å². The summed E-state index contributed by atoms with van der Waals surface area (Å²) in [4.78, 5) is 11.8.